The number of hydrogen-bond acceptors (Lipinski definition) is 2. The average molecular weight is 364 g/mol. The Morgan fingerprint density at radius 2 is 1.90 bits per heavy atom. The number of hydrogen-bond donors (Lipinski definition) is 1. The first-order chi connectivity index (χ1) is 9.27. The van der Waals surface area contributed by atoms with Crippen LogP contribution in [0.2, 0.25) is 0 Å². The molecule has 1 aromatic heterocycles. The first kappa shape index (κ1) is 15.4. The van der Waals surface area contributed by atoms with Crippen molar-refractivity contribution in [3.63, 3.8) is 0 Å². The number of halogens is 4. The molecule has 108 valence electrons. The zero-order valence-corrected chi connectivity index (χ0v) is 13.3. The molecule has 0 radical (unpaired) electrons. The van der Waals surface area contributed by atoms with Gasteiger partial charge < -0.3 is 5.32 Å². The summed E-state index contributed by atoms with van der Waals surface area (Å²) in [6, 6.07) is 5.65. The van der Waals surface area contributed by atoms with Gasteiger partial charge in [-0.1, -0.05) is 0 Å². The number of benzene rings is 1. The van der Waals surface area contributed by atoms with Crippen LogP contribution >= 0.6 is 27.3 Å². The molecule has 1 heterocycles. The van der Waals surface area contributed by atoms with Crippen molar-refractivity contribution in [2.45, 2.75) is 26.6 Å². The van der Waals surface area contributed by atoms with Crippen molar-refractivity contribution in [2.75, 3.05) is 5.32 Å². The lowest BCUT2D eigenvalue weighted by atomic mass is 10.2. The van der Waals surface area contributed by atoms with E-state index in [1.54, 1.807) is 11.3 Å². The number of thiophene rings is 1. The number of rotatable bonds is 3. The summed E-state index contributed by atoms with van der Waals surface area (Å²) in [5.74, 6) is 0. The van der Waals surface area contributed by atoms with Crippen LogP contribution in [0, 0.1) is 13.8 Å². The molecule has 2 aromatic rings. The minimum absolute atomic E-state index is 0.447. The van der Waals surface area contributed by atoms with Gasteiger partial charge in [0.25, 0.3) is 0 Å². The second kappa shape index (κ2) is 5.77. The second-order valence-corrected chi connectivity index (χ2v) is 6.80. The van der Waals surface area contributed by atoms with Gasteiger partial charge in [0.15, 0.2) is 0 Å². The maximum atomic E-state index is 12.7. The quantitative estimate of drug-likeness (QED) is 0.730. The van der Waals surface area contributed by atoms with E-state index < -0.39 is 11.7 Å². The highest BCUT2D eigenvalue weighted by atomic mass is 79.9. The molecule has 0 saturated heterocycles. The molecule has 0 bridgehead atoms. The van der Waals surface area contributed by atoms with E-state index in [0.29, 0.717) is 16.7 Å². The molecular weight excluding hydrogens is 351 g/mol. The van der Waals surface area contributed by atoms with E-state index in [2.05, 4.69) is 27.3 Å². The van der Waals surface area contributed by atoms with E-state index in [9.17, 15) is 13.2 Å². The molecule has 0 unspecified atom stereocenters. The van der Waals surface area contributed by atoms with Crippen LogP contribution in [0.5, 0.6) is 0 Å². The smallest absolute Gasteiger partial charge is 0.380 e. The summed E-state index contributed by atoms with van der Waals surface area (Å²) in [5, 5.41) is 3.06. The Morgan fingerprint density at radius 1 is 1.20 bits per heavy atom. The number of aryl methyl sites for hydroxylation is 2. The topological polar surface area (TPSA) is 12.0 Å². The number of alkyl halides is 3. The summed E-state index contributed by atoms with van der Waals surface area (Å²) in [5.41, 5.74) is 0.904. The fraction of sp³-hybridized carbons (Fsp3) is 0.286. The van der Waals surface area contributed by atoms with Gasteiger partial charge in [-0.25, -0.2) is 0 Å². The van der Waals surface area contributed by atoms with Gasteiger partial charge in [0, 0.05) is 26.5 Å². The van der Waals surface area contributed by atoms with E-state index in [0.717, 1.165) is 17.7 Å². The summed E-state index contributed by atoms with van der Waals surface area (Å²) in [6.45, 7) is 4.54. The van der Waals surface area contributed by atoms with Gasteiger partial charge >= 0.3 is 6.18 Å². The molecule has 0 aliphatic rings. The molecular formula is C14H13BrF3NS. The minimum atomic E-state index is -4.33. The van der Waals surface area contributed by atoms with Crippen molar-refractivity contribution in [3.8, 4) is 0 Å². The van der Waals surface area contributed by atoms with Gasteiger partial charge in [-0.15, -0.1) is 11.3 Å². The molecule has 0 saturated carbocycles. The third-order valence-corrected chi connectivity index (χ3v) is 4.61. The second-order valence-electron chi connectivity index (χ2n) is 4.48. The van der Waals surface area contributed by atoms with Crippen molar-refractivity contribution in [3.05, 3.63) is 49.6 Å². The molecule has 0 amide bonds. The van der Waals surface area contributed by atoms with Crippen LogP contribution in [0.4, 0.5) is 18.9 Å². The summed E-state index contributed by atoms with van der Waals surface area (Å²) < 4.78 is 38.7. The molecule has 0 fully saturated rings. The van der Waals surface area contributed by atoms with Crippen molar-refractivity contribution < 1.29 is 13.2 Å². The SMILES string of the molecule is Cc1cc(CNc2cc(C(F)(F)F)ccc2Br)c(C)s1. The molecule has 0 atom stereocenters. The Balaban J connectivity index is 2.19. The predicted octanol–water partition coefficient (Wildman–Crippen LogP) is 5.76. The Bertz CT molecular complexity index is 619. The Kier molecular flexibility index (Phi) is 4.44. The van der Waals surface area contributed by atoms with Crippen molar-refractivity contribution in [1.29, 1.82) is 0 Å². The van der Waals surface area contributed by atoms with E-state index in [1.807, 2.05) is 13.8 Å². The van der Waals surface area contributed by atoms with Crippen LogP contribution in [0.15, 0.2) is 28.7 Å². The van der Waals surface area contributed by atoms with Crippen LogP contribution in [-0.4, -0.2) is 0 Å². The van der Waals surface area contributed by atoms with E-state index in [1.165, 1.54) is 15.8 Å². The van der Waals surface area contributed by atoms with Gasteiger partial charge in [0.2, 0.25) is 0 Å². The standard InChI is InChI=1S/C14H13BrF3NS/c1-8-5-10(9(2)20-8)7-19-13-6-11(14(16,17)18)3-4-12(13)15/h3-6,19H,7H2,1-2H3. The third kappa shape index (κ3) is 3.55. The van der Waals surface area contributed by atoms with Gasteiger partial charge in [0.1, 0.15) is 0 Å². The maximum absolute atomic E-state index is 12.7. The molecule has 0 aliphatic carbocycles. The van der Waals surface area contributed by atoms with Crippen molar-refractivity contribution >= 4 is 33.0 Å². The lowest BCUT2D eigenvalue weighted by molar-refractivity contribution is -0.137. The third-order valence-electron chi connectivity index (χ3n) is 2.91. The van der Waals surface area contributed by atoms with Crippen LogP contribution in [-0.2, 0) is 12.7 Å². The summed E-state index contributed by atoms with van der Waals surface area (Å²) in [6.07, 6.45) is -4.33. The Hall–Kier alpha value is -1.01. The Labute approximate surface area is 128 Å². The van der Waals surface area contributed by atoms with Gasteiger partial charge in [-0.05, 0) is 59.6 Å². The fourth-order valence-corrected chi connectivity index (χ4v) is 3.22. The van der Waals surface area contributed by atoms with E-state index in [-0.39, 0.29) is 0 Å². The van der Waals surface area contributed by atoms with Crippen LogP contribution < -0.4 is 5.32 Å². The van der Waals surface area contributed by atoms with Crippen LogP contribution in [0.25, 0.3) is 0 Å². The molecule has 0 aliphatic heterocycles. The number of nitrogens with one attached hydrogen (secondary N) is 1. The normalized spacial score (nSPS) is 11.7. The summed E-state index contributed by atoms with van der Waals surface area (Å²) >= 11 is 4.95. The molecule has 0 spiro atoms. The van der Waals surface area contributed by atoms with Gasteiger partial charge in [0.05, 0.1) is 5.56 Å². The molecule has 6 heteroatoms. The first-order valence-corrected chi connectivity index (χ1v) is 7.55. The van der Waals surface area contributed by atoms with Crippen molar-refractivity contribution in [1.82, 2.24) is 0 Å². The molecule has 2 rings (SSSR count). The fourth-order valence-electron chi connectivity index (χ4n) is 1.89. The van der Waals surface area contributed by atoms with E-state index >= 15 is 0 Å². The van der Waals surface area contributed by atoms with Crippen LogP contribution in [0.3, 0.4) is 0 Å². The van der Waals surface area contributed by atoms with Crippen molar-refractivity contribution in [2.24, 2.45) is 0 Å². The first-order valence-electron chi connectivity index (χ1n) is 5.94. The van der Waals surface area contributed by atoms with E-state index in [4.69, 9.17) is 0 Å². The molecule has 1 aromatic carbocycles. The maximum Gasteiger partial charge on any atom is 0.416 e. The van der Waals surface area contributed by atoms with Gasteiger partial charge in [-0.2, -0.15) is 13.2 Å². The molecule has 1 nitrogen and oxygen atoms in total. The zero-order chi connectivity index (χ0) is 14.9. The lowest BCUT2D eigenvalue weighted by Gasteiger charge is -2.12. The minimum Gasteiger partial charge on any atom is -0.380 e. The average Bonchev–Trinajstić information content (AvgIpc) is 2.65. The molecule has 1 N–H and O–H groups in total. The largest absolute Gasteiger partial charge is 0.416 e. The van der Waals surface area contributed by atoms with Gasteiger partial charge in [-0.3, -0.25) is 0 Å². The highest BCUT2D eigenvalue weighted by molar-refractivity contribution is 9.10. The highest BCUT2D eigenvalue weighted by Crippen LogP contribution is 2.34. The predicted molar refractivity (Wildman–Crippen MR) is 80.3 cm³/mol. The molecule has 20 heavy (non-hydrogen) atoms. The summed E-state index contributed by atoms with van der Waals surface area (Å²) in [4.78, 5) is 2.38. The summed E-state index contributed by atoms with van der Waals surface area (Å²) in [7, 11) is 0. The number of anilines is 1. The van der Waals surface area contributed by atoms with Crippen LogP contribution in [0.1, 0.15) is 20.9 Å². The zero-order valence-electron chi connectivity index (χ0n) is 10.9. The monoisotopic (exact) mass is 363 g/mol. The lowest BCUT2D eigenvalue weighted by Crippen LogP contribution is -2.07. The highest BCUT2D eigenvalue weighted by Gasteiger charge is 2.30. The Morgan fingerprint density at radius 3 is 2.45 bits per heavy atom.